The van der Waals surface area contributed by atoms with E-state index in [-0.39, 0.29) is 23.5 Å². The monoisotopic (exact) mass is 482 g/mol. The lowest BCUT2D eigenvalue weighted by Gasteiger charge is -2.31. The van der Waals surface area contributed by atoms with E-state index in [0.29, 0.717) is 18.4 Å². The predicted molar refractivity (Wildman–Crippen MR) is 115 cm³/mol. The second-order valence-electron chi connectivity index (χ2n) is 8.60. The van der Waals surface area contributed by atoms with Crippen LogP contribution in [0.4, 0.5) is 13.2 Å². The molecule has 0 heterocycles. The third-order valence-corrected chi connectivity index (χ3v) is 7.92. The maximum absolute atomic E-state index is 13.3. The highest BCUT2D eigenvalue weighted by Gasteiger charge is 2.43. The Kier molecular flexibility index (Phi) is 6.52. The number of halogens is 3. The molecular weight excluding hydrogens is 457 g/mol. The number of nitrogens with one attached hydrogen (secondary N) is 1. The van der Waals surface area contributed by atoms with Crippen LogP contribution >= 0.6 is 0 Å². The van der Waals surface area contributed by atoms with Gasteiger partial charge in [-0.25, -0.2) is 8.42 Å². The average Bonchev–Trinajstić information content (AvgIpc) is 3.68. The van der Waals surface area contributed by atoms with Gasteiger partial charge in [-0.2, -0.15) is 17.5 Å². The highest BCUT2D eigenvalue weighted by molar-refractivity contribution is 7.89. The van der Waals surface area contributed by atoms with Crippen molar-refractivity contribution >= 4 is 16.0 Å². The molecule has 178 valence electrons. The van der Waals surface area contributed by atoms with Crippen LogP contribution in [0.3, 0.4) is 0 Å². The Morgan fingerprint density at radius 3 is 2.12 bits per heavy atom. The number of carboxylic acid groups (broad SMARTS) is 1. The van der Waals surface area contributed by atoms with E-state index in [9.17, 15) is 31.5 Å². The molecule has 0 aliphatic heterocycles. The number of benzene rings is 2. The highest BCUT2D eigenvalue weighted by Crippen LogP contribution is 2.37. The van der Waals surface area contributed by atoms with Gasteiger partial charge < -0.3 is 10.4 Å². The summed E-state index contributed by atoms with van der Waals surface area (Å²) in [5, 5.41) is 13.3. The molecule has 4 rings (SSSR count). The minimum absolute atomic E-state index is 0.0549. The van der Waals surface area contributed by atoms with Gasteiger partial charge in [-0.05, 0) is 55.5 Å². The summed E-state index contributed by atoms with van der Waals surface area (Å²) in [5.74, 6) is -2.39. The van der Waals surface area contributed by atoms with Crippen molar-refractivity contribution in [2.24, 2.45) is 5.92 Å². The Hall–Kier alpha value is -2.43. The molecule has 2 aliphatic carbocycles. The van der Waals surface area contributed by atoms with Gasteiger partial charge in [-0.15, -0.1) is 0 Å². The lowest BCUT2D eigenvalue weighted by atomic mass is 9.91. The molecule has 2 N–H and O–H groups in total. The number of carbonyl (C=O) groups is 1. The van der Waals surface area contributed by atoms with E-state index in [0.717, 1.165) is 25.0 Å². The van der Waals surface area contributed by atoms with Gasteiger partial charge in [-0.3, -0.25) is 4.79 Å². The zero-order valence-corrected chi connectivity index (χ0v) is 18.5. The second-order valence-corrected chi connectivity index (χ2v) is 10.5. The fourth-order valence-electron chi connectivity index (χ4n) is 3.88. The SMILES string of the molecule is O=C(O)C(CN(C1CC1)S(=O)(=O)c1ccccc1)C(NC1CC1)c1ccc(C(F)(F)F)cc1. The number of carboxylic acids is 1. The normalized spacial score (nSPS) is 18.8. The number of hydrogen-bond donors (Lipinski definition) is 2. The number of rotatable bonds is 10. The molecule has 2 aromatic rings. The van der Waals surface area contributed by atoms with Gasteiger partial charge in [0.1, 0.15) is 0 Å². The summed E-state index contributed by atoms with van der Waals surface area (Å²) in [6, 6.07) is 11.2. The summed E-state index contributed by atoms with van der Waals surface area (Å²) in [6.07, 6.45) is -1.56. The molecule has 2 fully saturated rings. The van der Waals surface area contributed by atoms with Crippen LogP contribution < -0.4 is 5.32 Å². The largest absolute Gasteiger partial charge is 0.481 e. The van der Waals surface area contributed by atoms with E-state index in [4.69, 9.17) is 0 Å². The summed E-state index contributed by atoms with van der Waals surface area (Å²) in [6.45, 7) is -0.275. The van der Waals surface area contributed by atoms with Crippen LogP contribution in [0.25, 0.3) is 0 Å². The van der Waals surface area contributed by atoms with Crippen molar-refractivity contribution in [1.82, 2.24) is 9.62 Å². The molecule has 2 aromatic carbocycles. The van der Waals surface area contributed by atoms with E-state index < -0.39 is 39.7 Å². The molecule has 6 nitrogen and oxygen atoms in total. The van der Waals surface area contributed by atoms with E-state index in [2.05, 4.69) is 5.32 Å². The lowest BCUT2D eigenvalue weighted by Crippen LogP contribution is -2.44. The predicted octanol–water partition coefficient (Wildman–Crippen LogP) is 4.05. The van der Waals surface area contributed by atoms with Crippen LogP contribution in [-0.4, -0.2) is 42.4 Å². The van der Waals surface area contributed by atoms with Crippen LogP contribution in [0, 0.1) is 5.92 Å². The van der Waals surface area contributed by atoms with Crippen molar-refractivity contribution in [3.8, 4) is 0 Å². The highest BCUT2D eigenvalue weighted by atomic mass is 32.2. The van der Waals surface area contributed by atoms with E-state index in [1.54, 1.807) is 18.2 Å². The Balaban J connectivity index is 1.66. The molecule has 2 saturated carbocycles. The molecule has 0 bridgehead atoms. The van der Waals surface area contributed by atoms with Crippen molar-refractivity contribution in [3.05, 3.63) is 65.7 Å². The number of aliphatic carboxylic acids is 1. The molecule has 2 aliphatic rings. The molecule has 0 saturated heterocycles. The smallest absolute Gasteiger partial charge is 0.416 e. The van der Waals surface area contributed by atoms with Gasteiger partial charge in [-0.1, -0.05) is 30.3 Å². The fraction of sp³-hybridized carbons (Fsp3) is 0.435. The third kappa shape index (κ3) is 5.56. The molecule has 2 atom stereocenters. The molecule has 0 spiro atoms. The standard InChI is InChI=1S/C23H25F3N2O4S/c24-23(25,26)16-8-6-15(7-9-16)21(27-17-10-11-17)20(22(29)30)14-28(18-12-13-18)33(31,32)19-4-2-1-3-5-19/h1-9,17-18,20-21,27H,10-14H2,(H,29,30). The molecule has 10 heteroatoms. The summed E-state index contributed by atoms with van der Waals surface area (Å²) in [7, 11) is -3.93. The molecular formula is C23H25F3N2O4S. The van der Waals surface area contributed by atoms with Crippen molar-refractivity contribution < 1.29 is 31.5 Å². The zero-order chi connectivity index (χ0) is 23.8. The van der Waals surface area contributed by atoms with Crippen LogP contribution in [-0.2, 0) is 21.0 Å². The molecule has 0 amide bonds. The molecule has 33 heavy (non-hydrogen) atoms. The quantitative estimate of drug-likeness (QED) is 0.534. The zero-order valence-electron chi connectivity index (χ0n) is 17.7. The first-order chi connectivity index (χ1) is 15.6. The molecule has 2 unspecified atom stereocenters. The van der Waals surface area contributed by atoms with Gasteiger partial charge in [0.2, 0.25) is 10.0 Å². The molecule has 0 radical (unpaired) electrons. The Bertz CT molecular complexity index is 1080. The van der Waals surface area contributed by atoms with Gasteiger partial charge in [0.15, 0.2) is 0 Å². The minimum atomic E-state index is -4.50. The Labute approximate surface area is 190 Å². The van der Waals surface area contributed by atoms with E-state index >= 15 is 0 Å². The van der Waals surface area contributed by atoms with Gasteiger partial charge in [0.25, 0.3) is 0 Å². The summed E-state index contributed by atoms with van der Waals surface area (Å²) < 4.78 is 66.9. The number of sulfonamides is 1. The average molecular weight is 483 g/mol. The first-order valence-corrected chi connectivity index (χ1v) is 12.2. The second kappa shape index (κ2) is 9.08. The van der Waals surface area contributed by atoms with E-state index in [1.165, 1.54) is 28.6 Å². The van der Waals surface area contributed by atoms with Crippen molar-refractivity contribution in [2.45, 2.75) is 54.9 Å². The van der Waals surface area contributed by atoms with Crippen LogP contribution in [0.5, 0.6) is 0 Å². The van der Waals surface area contributed by atoms with Crippen molar-refractivity contribution in [1.29, 1.82) is 0 Å². The maximum Gasteiger partial charge on any atom is 0.416 e. The molecule has 0 aromatic heterocycles. The van der Waals surface area contributed by atoms with E-state index in [1.807, 2.05) is 0 Å². The van der Waals surface area contributed by atoms with Crippen LogP contribution in [0.2, 0.25) is 0 Å². The van der Waals surface area contributed by atoms with Crippen LogP contribution in [0.1, 0.15) is 42.9 Å². The summed E-state index contributed by atoms with van der Waals surface area (Å²) in [4.78, 5) is 12.4. The van der Waals surface area contributed by atoms with Crippen LogP contribution in [0.15, 0.2) is 59.5 Å². The Morgan fingerprint density at radius 2 is 1.64 bits per heavy atom. The first-order valence-electron chi connectivity index (χ1n) is 10.8. The number of alkyl halides is 3. The van der Waals surface area contributed by atoms with Crippen molar-refractivity contribution in [3.63, 3.8) is 0 Å². The summed E-state index contributed by atoms with van der Waals surface area (Å²) in [5.41, 5.74) is -0.440. The summed E-state index contributed by atoms with van der Waals surface area (Å²) >= 11 is 0. The van der Waals surface area contributed by atoms with Gasteiger partial charge >= 0.3 is 12.1 Å². The van der Waals surface area contributed by atoms with Crippen molar-refractivity contribution in [2.75, 3.05) is 6.54 Å². The first kappa shape index (κ1) is 23.7. The van der Waals surface area contributed by atoms with Gasteiger partial charge in [0.05, 0.1) is 16.4 Å². The lowest BCUT2D eigenvalue weighted by molar-refractivity contribution is -0.143. The number of nitrogens with zero attached hydrogens (tertiary/aromatic N) is 1. The van der Waals surface area contributed by atoms with Gasteiger partial charge in [0, 0.05) is 24.7 Å². The number of hydrogen-bond acceptors (Lipinski definition) is 4. The maximum atomic E-state index is 13.3. The fourth-order valence-corrected chi connectivity index (χ4v) is 5.61. The minimum Gasteiger partial charge on any atom is -0.481 e. The Morgan fingerprint density at radius 1 is 1.03 bits per heavy atom. The third-order valence-electron chi connectivity index (χ3n) is 5.99. The topological polar surface area (TPSA) is 86.7 Å².